The lowest BCUT2D eigenvalue weighted by atomic mass is 10.1. The van der Waals surface area contributed by atoms with Crippen LogP contribution in [0.5, 0.6) is 11.5 Å². The minimum atomic E-state index is -0.756. The van der Waals surface area contributed by atoms with E-state index in [0.717, 1.165) is 16.7 Å². The van der Waals surface area contributed by atoms with E-state index in [0.29, 0.717) is 11.5 Å². The average molecular weight is 356 g/mol. The van der Waals surface area contributed by atoms with Crippen molar-refractivity contribution in [3.05, 3.63) is 59.2 Å². The molecular weight excluding hydrogens is 332 g/mol. The van der Waals surface area contributed by atoms with Crippen molar-refractivity contribution in [2.75, 3.05) is 6.61 Å². The Labute approximate surface area is 153 Å². The van der Waals surface area contributed by atoms with E-state index in [1.807, 2.05) is 51.1 Å². The van der Waals surface area contributed by atoms with Gasteiger partial charge in [0.1, 0.15) is 11.5 Å². The van der Waals surface area contributed by atoms with Crippen LogP contribution < -0.4 is 20.3 Å². The van der Waals surface area contributed by atoms with Crippen LogP contribution >= 0.6 is 0 Å². The maximum atomic E-state index is 12.1. The van der Waals surface area contributed by atoms with Gasteiger partial charge in [0, 0.05) is 0 Å². The number of nitrogens with one attached hydrogen (secondary N) is 2. The summed E-state index contributed by atoms with van der Waals surface area (Å²) in [6.07, 6.45) is -0.756. The number of carbonyl (C=O) groups is 2. The van der Waals surface area contributed by atoms with Crippen LogP contribution in [0.4, 0.5) is 0 Å². The molecule has 2 rings (SSSR count). The number of hydrogen-bond donors (Lipinski definition) is 2. The zero-order valence-corrected chi connectivity index (χ0v) is 15.5. The SMILES string of the molecule is Cc1ccc(OCC(=O)NNC(=O)[C@@H](C)Oc2c(C)cccc2C)cc1. The molecule has 0 radical (unpaired) electrons. The highest BCUT2D eigenvalue weighted by atomic mass is 16.5. The Kier molecular flexibility index (Phi) is 6.60. The molecule has 2 aromatic carbocycles. The topological polar surface area (TPSA) is 76.7 Å². The van der Waals surface area contributed by atoms with E-state index in [2.05, 4.69) is 10.9 Å². The first-order chi connectivity index (χ1) is 12.4. The largest absolute Gasteiger partial charge is 0.484 e. The summed E-state index contributed by atoms with van der Waals surface area (Å²) in [5.74, 6) is 0.350. The maximum Gasteiger partial charge on any atom is 0.279 e. The third-order valence-electron chi connectivity index (χ3n) is 3.79. The molecule has 0 unspecified atom stereocenters. The molecule has 138 valence electrons. The van der Waals surface area contributed by atoms with Gasteiger partial charge in [-0.2, -0.15) is 0 Å². The smallest absolute Gasteiger partial charge is 0.279 e. The van der Waals surface area contributed by atoms with E-state index in [-0.39, 0.29) is 6.61 Å². The van der Waals surface area contributed by atoms with Crippen molar-refractivity contribution in [3.8, 4) is 11.5 Å². The molecule has 0 saturated carbocycles. The van der Waals surface area contributed by atoms with E-state index < -0.39 is 17.9 Å². The summed E-state index contributed by atoms with van der Waals surface area (Å²) in [6.45, 7) is 7.22. The van der Waals surface area contributed by atoms with E-state index in [1.54, 1.807) is 19.1 Å². The summed E-state index contributed by atoms with van der Waals surface area (Å²) in [4.78, 5) is 23.9. The van der Waals surface area contributed by atoms with Crippen molar-refractivity contribution < 1.29 is 19.1 Å². The first kappa shape index (κ1) is 19.3. The highest BCUT2D eigenvalue weighted by molar-refractivity contribution is 5.85. The molecule has 0 spiro atoms. The van der Waals surface area contributed by atoms with E-state index in [4.69, 9.17) is 9.47 Å². The molecule has 0 aliphatic rings. The molecule has 6 nitrogen and oxygen atoms in total. The van der Waals surface area contributed by atoms with E-state index >= 15 is 0 Å². The summed E-state index contributed by atoms with van der Waals surface area (Å²) in [5, 5.41) is 0. The molecular formula is C20H24N2O4. The van der Waals surface area contributed by atoms with Gasteiger partial charge in [0.2, 0.25) is 0 Å². The second-order valence-corrected chi connectivity index (χ2v) is 6.12. The Bertz CT molecular complexity index is 752. The number of hydrazine groups is 1. The third kappa shape index (κ3) is 5.51. The van der Waals surface area contributed by atoms with Crippen molar-refractivity contribution in [1.29, 1.82) is 0 Å². The number of aryl methyl sites for hydroxylation is 3. The molecule has 2 aromatic rings. The third-order valence-corrected chi connectivity index (χ3v) is 3.79. The standard InChI is InChI=1S/C20H24N2O4/c1-13-8-10-17(11-9-13)25-12-18(23)21-22-20(24)16(4)26-19-14(2)6-5-7-15(19)3/h5-11,16H,12H2,1-4H3,(H,21,23)(H,22,24)/t16-/m1/s1. The van der Waals surface area contributed by atoms with Crippen molar-refractivity contribution >= 4 is 11.8 Å². The molecule has 0 aromatic heterocycles. The molecule has 0 bridgehead atoms. The monoisotopic (exact) mass is 356 g/mol. The number of hydrogen-bond acceptors (Lipinski definition) is 4. The Morgan fingerprint density at radius 3 is 2.19 bits per heavy atom. The summed E-state index contributed by atoms with van der Waals surface area (Å²) >= 11 is 0. The lowest BCUT2D eigenvalue weighted by Gasteiger charge is -2.18. The summed E-state index contributed by atoms with van der Waals surface area (Å²) in [7, 11) is 0. The molecule has 6 heteroatoms. The van der Waals surface area contributed by atoms with E-state index in [9.17, 15) is 9.59 Å². The number of carbonyl (C=O) groups excluding carboxylic acids is 2. The predicted octanol–water partition coefficient (Wildman–Crippen LogP) is 2.61. The van der Waals surface area contributed by atoms with Crippen LogP contribution in [0.2, 0.25) is 0 Å². The normalized spacial score (nSPS) is 11.4. The van der Waals surface area contributed by atoms with E-state index in [1.165, 1.54) is 0 Å². The summed E-state index contributed by atoms with van der Waals surface area (Å²) in [6, 6.07) is 13.1. The van der Waals surface area contributed by atoms with Crippen molar-refractivity contribution in [1.82, 2.24) is 10.9 Å². The zero-order valence-electron chi connectivity index (χ0n) is 15.5. The summed E-state index contributed by atoms with van der Waals surface area (Å²) < 4.78 is 11.1. The van der Waals surface area contributed by atoms with Gasteiger partial charge < -0.3 is 9.47 Å². The Morgan fingerprint density at radius 1 is 0.962 bits per heavy atom. The van der Waals surface area contributed by atoms with Crippen LogP contribution in [0, 0.1) is 20.8 Å². The average Bonchev–Trinajstić information content (AvgIpc) is 2.62. The maximum absolute atomic E-state index is 12.1. The van der Waals surface area contributed by atoms with Gasteiger partial charge in [-0.3, -0.25) is 20.4 Å². The van der Waals surface area contributed by atoms with Crippen molar-refractivity contribution in [2.45, 2.75) is 33.8 Å². The van der Waals surface area contributed by atoms with Crippen LogP contribution in [0.15, 0.2) is 42.5 Å². The number of para-hydroxylation sites is 1. The van der Waals surface area contributed by atoms with Gasteiger partial charge in [-0.1, -0.05) is 35.9 Å². The zero-order chi connectivity index (χ0) is 19.1. The molecule has 1 atom stereocenters. The lowest BCUT2D eigenvalue weighted by Crippen LogP contribution is -2.48. The molecule has 0 aliphatic carbocycles. The predicted molar refractivity (Wildman–Crippen MR) is 99.0 cm³/mol. The Balaban J connectivity index is 1.78. The minimum Gasteiger partial charge on any atom is -0.484 e. The Morgan fingerprint density at radius 2 is 1.58 bits per heavy atom. The summed E-state index contributed by atoms with van der Waals surface area (Å²) in [5.41, 5.74) is 7.65. The number of amides is 2. The van der Waals surface area contributed by atoms with Gasteiger partial charge in [0.25, 0.3) is 11.8 Å². The van der Waals surface area contributed by atoms with Gasteiger partial charge in [0.05, 0.1) is 0 Å². The van der Waals surface area contributed by atoms with Crippen molar-refractivity contribution in [2.24, 2.45) is 0 Å². The van der Waals surface area contributed by atoms with Crippen molar-refractivity contribution in [3.63, 3.8) is 0 Å². The van der Waals surface area contributed by atoms with Crippen LogP contribution in [-0.2, 0) is 9.59 Å². The molecule has 0 aliphatic heterocycles. The number of rotatable bonds is 6. The molecule has 0 heterocycles. The molecule has 2 N–H and O–H groups in total. The van der Waals surface area contributed by atoms with Crippen LogP contribution in [0.1, 0.15) is 23.6 Å². The highest BCUT2D eigenvalue weighted by Crippen LogP contribution is 2.23. The second kappa shape index (κ2) is 8.89. The van der Waals surface area contributed by atoms with Crippen LogP contribution in [0.25, 0.3) is 0 Å². The molecule has 2 amide bonds. The van der Waals surface area contributed by atoms with Gasteiger partial charge in [-0.25, -0.2) is 0 Å². The molecule has 26 heavy (non-hydrogen) atoms. The fourth-order valence-electron chi connectivity index (χ4n) is 2.27. The van der Waals surface area contributed by atoms with Gasteiger partial charge in [-0.15, -0.1) is 0 Å². The number of ether oxygens (including phenoxy) is 2. The molecule has 0 saturated heterocycles. The molecule has 0 fully saturated rings. The number of benzene rings is 2. The highest BCUT2D eigenvalue weighted by Gasteiger charge is 2.17. The lowest BCUT2D eigenvalue weighted by molar-refractivity contribution is -0.133. The van der Waals surface area contributed by atoms with Gasteiger partial charge >= 0.3 is 0 Å². The minimum absolute atomic E-state index is 0.199. The quantitative estimate of drug-likeness (QED) is 0.780. The first-order valence-corrected chi connectivity index (χ1v) is 8.38. The van der Waals surface area contributed by atoms with Crippen LogP contribution in [-0.4, -0.2) is 24.5 Å². The fraction of sp³-hybridized carbons (Fsp3) is 0.300. The van der Waals surface area contributed by atoms with Gasteiger partial charge in [-0.05, 0) is 51.0 Å². The second-order valence-electron chi connectivity index (χ2n) is 6.12. The fourth-order valence-corrected chi connectivity index (χ4v) is 2.27. The van der Waals surface area contributed by atoms with Gasteiger partial charge in [0.15, 0.2) is 12.7 Å². The van der Waals surface area contributed by atoms with Crippen LogP contribution in [0.3, 0.4) is 0 Å². The first-order valence-electron chi connectivity index (χ1n) is 8.38. The Hall–Kier alpha value is -3.02.